The molecule has 9 heteroatoms. The van der Waals surface area contributed by atoms with Crippen LogP contribution in [-0.4, -0.2) is 59.4 Å². The molecule has 1 saturated heterocycles. The molecular weight excluding hydrogens is 506 g/mol. The molecule has 40 heavy (non-hydrogen) atoms. The second-order valence-electron chi connectivity index (χ2n) is 11.3. The maximum absolute atomic E-state index is 14.1. The molecule has 2 aliphatic rings. The van der Waals surface area contributed by atoms with E-state index in [4.69, 9.17) is 15.9 Å². The smallest absolute Gasteiger partial charge is 0.416 e. The van der Waals surface area contributed by atoms with E-state index in [1.54, 1.807) is 4.90 Å². The highest BCUT2D eigenvalue weighted by molar-refractivity contribution is 6.08. The quantitative estimate of drug-likeness (QED) is 0.368. The summed E-state index contributed by atoms with van der Waals surface area (Å²) in [4.78, 5) is 42.6. The molecule has 0 radical (unpaired) electrons. The average molecular weight is 548 g/mol. The molecule has 1 saturated carbocycles. The van der Waals surface area contributed by atoms with Crippen molar-refractivity contribution in [2.45, 2.75) is 70.0 Å². The fourth-order valence-electron chi connectivity index (χ4n) is 5.80. The van der Waals surface area contributed by atoms with Crippen LogP contribution in [-0.2, 0) is 26.3 Å². The van der Waals surface area contributed by atoms with E-state index in [2.05, 4.69) is 19.2 Å². The van der Waals surface area contributed by atoms with Gasteiger partial charge in [0.05, 0.1) is 13.2 Å². The highest BCUT2D eigenvalue weighted by atomic mass is 16.5. The van der Waals surface area contributed by atoms with E-state index >= 15 is 0 Å². The van der Waals surface area contributed by atoms with Crippen molar-refractivity contribution >= 4 is 23.9 Å². The molecule has 214 valence electrons. The standard InChI is InChI=1S/C31H41N5O4/c1-21(2)20-31(24-13-8-5-9-14-24)28(38)36(29(33)34-31)26(23-16-17-23)15-10-18-35(30(39)40-3)27(37)25(32)19-22-11-6-4-7-12-22/h4-9,11-14,21,23,25-26H,10,15-20,32H2,1-3H3,(H2,33,34)/t25-,26-,31+/m0/s1. The Kier molecular flexibility index (Phi) is 9.25. The minimum atomic E-state index is -0.988. The van der Waals surface area contributed by atoms with Crippen molar-refractivity contribution in [1.29, 1.82) is 5.41 Å². The number of carbonyl (C=O) groups is 3. The molecule has 3 amide bonds. The van der Waals surface area contributed by atoms with Gasteiger partial charge in [0.2, 0.25) is 5.91 Å². The van der Waals surface area contributed by atoms with Gasteiger partial charge in [-0.25, -0.2) is 9.69 Å². The number of nitrogens with zero attached hydrogens (tertiary/aromatic N) is 2. The average Bonchev–Trinajstić information content (AvgIpc) is 3.76. The molecule has 2 fully saturated rings. The molecule has 2 aromatic carbocycles. The van der Waals surface area contributed by atoms with Gasteiger partial charge in [-0.2, -0.15) is 0 Å². The van der Waals surface area contributed by atoms with E-state index in [0.717, 1.165) is 28.9 Å². The van der Waals surface area contributed by atoms with Gasteiger partial charge in [-0.05, 0) is 61.5 Å². The summed E-state index contributed by atoms with van der Waals surface area (Å²) in [6, 6.07) is 18.0. The van der Waals surface area contributed by atoms with Crippen LogP contribution in [0.2, 0.25) is 0 Å². The molecule has 0 aromatic heterocycles. The van der Waals surface area contributed by atoms with Gasteiger partial charge >= 0.3 is 6.09 Å². The zero-order chi connectivity index (χ0) is 28.9. The van der Waals surface area contributed by atoms with E-state index in [1.807, 2.05) is 60.7 Å². The molecule has 0 bridgehead atoms. The maximum atomic E-state index is 14.1. The van der Waals surface area contributed by atoms with Crippen molar-refractivity contribution in [3.05, 3.63) is 71.8 Å². The maximum Gasteiger partial charge on any atom is 0.416 e. The van der Waals surface area contributed by atoms with Crippen molar-refractivity contribution in [2.24, 2.45) is 17.6 Å². The second-order valence-corrected chi connectivity index (χ2v) is 11.3. The summed E-state index contributed by atoms with van der Waals surface area (Å²) in [5.74, 6) is 0.00507. The number of hydrogen-bond acceptors (Lipinski definition) is 6. The summed E-state index contributed by atoms with van der Waals surface area (Å²) >= 11 is 0. The van der Waals surface area contributed by atoms with Crippen LogP contribution >= 0.6 is 0 Å². The second kappa shape index (κ2) is 12.6. The molecule has 0 unspecified atom stereocenters. The van der Waals surface area contributed by atoms with E-state index in [1.165, 1.54) is 7.11 Å². The first kappa shape index (κ1) is 29.3. The van der Waals surface area contributed by atoms with Crippen LogP contribution in [0, 0.1) is 17.2 Å². The first-order valence-electron chi connectivity index (χ1n) is 14.1. The third kappa shape index (κ3) is 6.36. The number of rotatable bonds is 12. The van der Waals surface area contributed by atoms with Crippen LogP contribution in [0.5, 0.6) is 0 Å². The van der Waals surface area contributed by atoms with Gasteiger partial charge in [0.1, 0.15) is 5.54 Å². The zero-order valence-corrected chi connectivity index (χ0v) is 23.6. The summed E-state index contributed by atoms with van der Waals surface area (Å²) < 4.78 is 4.90. The Hall–Kier alpha value is -3.72. The lowest BCUT2D eigenvalue weighted by Crippen LogP contribution is -2.49. The van der Waals surface area contributed by atoms with Gasteiger partial charge in [-0.3, -0.25) is 19.9 Å². The summed E-state index contributed by atoms with van der Waals surface area (Å²) in [6.45, 7) is 4.27. The highest BCUT2D eigenvalue weighted by Gasteiger charge is 2.54. The topological polar surface area (TPSA) is 129 Å². The molecule has 2 aromatic rings. The third-order valence-corrected chi connectivity index (χ3v) is 7.79. The lowest BCUT2D eigenvalue weighted by atomic mass is 9.82. The first-order chi connectivity index (χ1) is 19.2. The summed E-state index contributed by atoms with van der Waals surface area (Å²) in [5, 5.41) is 12.1. The van der Waals surface area contributed by atoms with Crippen LogP contribution in [0.1, 0.15) is 57.1 Å². The normalized spacial score (nSPS) is 20.3. The first-order valence-corrected chi connectivity index (χ1v) is 14.1. The van der Waals surface area contributed by atoms with E-state index in [-0.39, 0.29) is 36.3 Å². The summed E-state index contributed by atoms with van der Waals surface area (Å²) in [7, 11) is 1.24. The van der Waals surface area contributed by atoms with Gasteiger partial charge in [0.25, 0.3) is 5.91 Å². The molecule has 1 aliphatic heterocycles. The van der Waals surface area contributed by atoms with Gasteiger partial charge in [0.15, 0.2) is 5.96 Å². The third-order valence-electron chi connectivity index (χ3n) is 7.79. The van der Waals surface area contributed by atoms with E-state index < -0.39 is 23.6 Å². The molecular formula is C31H41N5O4. The number of carbonyl (C=O) groups excluding carboxylic acids is 3. The van der Waals surface area contributed by atoms with Crippen molar-refractivity contribution in [3.63, 3.8) is 0 Å². The predicted molar refractivity (Wildman–Crippen MR) is 153 cm³/mol. The number of hydrogen-bond donors (Lipinski definition) is 3. The van der Waals surface area contributed by atoms with Gasteiger partial charge in [-0.1, -0.05) is 74.5 Å². The fraction of sp³-hybridized carbons (Fsp3) is 0.484. The van der Waals surface area contributed by atoms with Crippen molar-refractivity contribution in [2.75, 3.05) is 13.7 Å². The van der Waals surface area contributed by atoms with Crippen molar-refractivity contribution < 1.29 is 19.1 Å². The summed E-state index contributed by atoms with van der Waals surface area (Å²) in [5.41, 5.74) is 6.98. The number of imide groups is 1. The Balaban J connectivity index is 1.48. The fourth-order valence-corrected chi connectivity index (χ4v) is 5.80. The van der Waals surface area contributed by atoms with Gasteiger partial charge in [-0.15, -0.1) is 0 Å². The van der Waals surface area contributed by atoms with Crippen LogP contribution in [0.25, 0.3) is 0 Å². The van der Waals surface area contributed by atoms with Crippen LogP contribution in [0.3, 0.4) is 0 Å². The number of nitrogens with two attached hydrogens (primary N) is 1. The number of guanidine groups is 1. The Morgan fingerprint density at radius 3 is 2.33 bits per heavy atom. The SMILES string of the molecule is COC(=O)N(CCC[C@@H](C1CC1)N1C(=N)N[C@](CC(C)C)(c2ccccc2)C1=O)C(=O)[C@@H](N)Cc1ccccc1. The number of benzene rings is 2. The summed E-state index contributed by atoms with van der Waals surface area (Å²) in [6.07, 6.45) is 3.08. The highest BCUT2D eigenvalue weighted by Crippen LogP contribution is 2.42. The Bertz CT molecular complexity index is 1200. The molecule has 1 aliphatic carbocycles. The largest absolute Gasteiger partial charge is 0.452 e. The Labute approximate surface area is 236 Å². The molecule has 3 atom stereocenters. The number of nitrogens with one attached hydrogen (secondary N) is 2. The Morgan fingerprint density at radius 1 is 1.12 bits per heavy atom. The predicted octanol–water partition coefficient (Wildman–Crippen LogP) is 4.02. The van der Waals surface area contributed by atoms with E-state index in [0.29, 0.717) is 25.7 Å². The molecule has 4 rings (SSSR count). The van der Waals surface area contributed by atoms with Crippen LogP contribution in [0.15, 0.2) is 60.7 Å². The number of amides is 3. The minimum absolute atomic E-state index is 0.109. The van der Waals surface area contributed by atoms with Gasteiger partial charge < -0.3 is 15.8 Å². The molecule has 4 N–H and O–H groups in total. The molecule has 0 spiro atoms. The van der Waals surface area contributed by atoms with Crippen LogP contribution < -0.4 is 11.1 Å². The molecule has 1 heterocycles. The van der Waals surface area contributed by atoms with Gasteiger partial charge in [0, 0.05) is 12.6 Å². The number of ether oxygens (including phenoxy) is 1. The van der Waals surface area contributed by atoms with Crippen molar-refractivity contribution in [1.82, 2.24) is 15.1 Å². The lowest BCUT2D eigenvalue weighted by Gasteiger charge is -2.32. The zero-order valence-electron chi connectivity index (χ0n) is 23.6. The lowest BCUT2D eigenvalue weighted by molar-refractivity contribution is -0.134. The number of methoxy groups -OCH3 is 1. The van der Waals surface area contributed by atoms with E-state index in [9.17, 15) is 14.4 Å². The monoisotopic (exact) mass is 547 g/mol. The van der Waals surface area contributed by atoms with Crippen molar-refractivity contribution in [3.8, 4) is 0 Å². The Morgan fingerprint density at radius 2 is 1.75 bits per heavy atom. The minimum Gasteiger partial charge on any atom is -0.452 e. The molecule has 9 nitrogen and oxygen atoms in total. The van der Waals surface area contributed by atoms with Crippen LogP contribution in [0.4, 0.5) is 4.79 Å².